The Morgan fingerprint density at radius 1 is 0.789 bits per heavy atom. The summed E-state index contributed by atoms with van der Waals surface area (Å²) in [7, 11) is 0. The molecule has 0 fully saturated rings. The number of hydrogen-bond donors (Lipinski definition) is 0. The molecule has 0 spiro atoms. The number of fused-ring (bicyclic) bond motifs is 2. The zero-order chi connectivity index (χ0) is 12.9. The van der Waals surface area contributed by atoms with Gasteiger partial charge in [0.2, 0.25) is 0 Å². The van der Waals surface area contributed by atoms with Crippen molar-refractivity contribution in [1.29, 1.82) is 0 Å². The van der Waals surface area contributed by atoms with Crippen LogP contribution in [0.3, 0.4) is 0 Å². The first-order valence-electron chi connectivity index (χ1n) is 5.86. The van der Waals surface area contributed by atoms with E-state index in [4.69, 9.17) is 0 Å². The van der Waals surface area contributed by atoms with Crippen molar-refractivity contribution in [2.24, 2.45) is 0 Å². The Labute approximate surface area is 114 Å². The SMILES string of the molecule is c1ccc2ncncc2c1.c1ccc2scnc2c1. The highest BCUT2D eigenvalue weighted by Gasteiger charge is 1.89. The average Bonchev–Trinajstić information content (AvgIpc) is 2.96. The molecule has 19 heavy (non-hydrogen) atoms. The van der Waals surface area contributed by atoms with E-state index in [0.29, 0.717) is 0 Å². The largest absolute Gasteiger partial charge is 0.245 e. The quantitative estimate of drug-likeness (QED) is 0.483. The van der Waals surface area contributed by atoms with Gasteiger partial charge >= 0.3 is 0 Å². The van der Waals surface area contributed by atoms with E-state index in [0.717, 1.165) is 16.4 Å². The van der Waals surface area contributed by atoms with Gasteiger partial charge in [0.25, 0.3) is 0 Å². The summed E-state index contributed by atoms with van der Waals surface area (Å²) in [6, 6.07) is 16.0. The summed E-state index contributed by atoms with van der Waals surface area (Å²) < 4.78 is 1.26. The molecule has 92 valence electrons. The first-order chi connectivity index (χ1) is 9.43. The van der Waals surface area contributed by atoms with Crippen LogP contribution in [0.2, 0.25) is 0 Å². The van der Waals surface area contributed by atoms with Gasteiger partial charge in [-0.05, 0) is 18.2 Å². The summed E-state index contributed by atoms with van der Waals surface area (Å²) in [6.07, 6.45) is 3.37. The van der Waals surface area contributed by atoms with E-state index in [1.54, 1.807) is 17.7 Å². The van der Waals surface area contributed by atoms with E-state index in [1.807, 2.05) is 54.2 Å². The molecular formula is C15H11N3S. The molecule has 3 nitrogen and oxygen atoms in total. The Kier molecular flexibility index (Phi) is 3.42. The van der Waals surface area contributed by atoms with Gasteiger partial charge in [0.15, 0.2) is 0 Å². The van der Waals surface area contributed by atoms with E-state index in [1.165, 1.54) is 4.70 Å². The molecule has 2 heterocycles. The van der Waals surface area contributed by atoms with Crippen molar-refractivity contribution in [2.75, 3.05) is 0 Å². The van der Waals surface area contributed by atoms with Crippen molar-refractivity contribution in [3.63, 3.8) is 0 Å². The second-order valence-electron chi connectivity index (χ2n) is 3.90. The van der Waals surface area contributed by atoms with Crippen molar-refractivity contribution in [1.82, 2.24) is 15.0 Å². The van der Waals surface area contributed by atoms with E-state index in [2.05, 4.69) is 21.0 Å². The Morgan fingerprint density at radius 2 is 1.58 bits per heavy atom. The predicted octanol–water partition coefficient (Wildman–Crippen LogP) is 3.93. The second kappa shape index (κ2) is 5.54. The molecule has 0 N–H and O–H groups in total. The number of rotatable bonds is 0. The summed E-state index contributed by atoms with van der Waals surface area (Å²) in [6.45, 7) is 0. The molecule has 0 atom stereocenters. The normalized spacial score (nSPS) is 10.1. The molecule has 0 aliphatic heterocycles. The van der Waals surface area contributed by atoms with Crippen LogP contribution in [0.5, 0.6) is 0 Å². The van der Waals surface area contributed by atoms with E-state index in [9.17, 15) is 0 Å². The molecule has 4 rings (SSSR count). The van der Waals surface area contributed by atoms with Gasteiger partial charge in [0.1, 0.15) is 6.33 Å². The monoisotopic (exact) mass is 265 g/mol. The van der Waals surface area contributed by atoms with Crippen LogP contribution in [0.4, 0.5) is 0 Å². The first-order valence-corrected chi connectivity index (χ1v) is 6.74. The molecule has 0 unspecified atom stereocenters. The lowest BCUT2D eigenvalue weighted by atomic mass is 10.2. The number of benzene rings is 2. The van der Waals surface area contributed by atoms with Crippen molar-refractivity contribution in [3.05, 3.63) is 66.6 Å². The molecule has 0 radical (unpaired) electrons. The molecule has 2 aromatic carbocycles. The van der Waals surface area contributed by atoms with E-state index in [-0.39, 0.29) is 0 Å². The maximum Gasteiger partial charge on any atom is 0.116 e. The fourth-order valence-corrected chi connectivity index (χ4v) is 2.41. The third kappa shape index (κ3) is 2.74. The molecule has 2 aromatic heterocycles. The van der Waals surface area contributed by atoms with Gasteiger partial charge in [-0.3, -0.25) is 0 Å². The highest BCUT2D eigenvalue weighted by molar-refractivity contribution is 7.16. The van der Waals surface area contributed by atoms with Crippen molar-refractivity contribution in [2.45, 2.75) is 0 Å². The zero-order valence-electron chi connectivity index (χ0n) is 10.1. The molecule has 4 heteroatoms. The van der Waals surface area contributed by atoms with Gasteiger partial charge in [0, 0.05) is 11.6 Å². The van der Waals surface area contributed by atoms with Crippen LogP contribution < -0.4 is 0 Å². The van der Waals surface area contributed by atoms with Gasteiger partial charge in [0.05, 0.1) is 21.2 Å². The topological polar surface area (TPSA) is 38.7 Å². The lowest BCUT2D eigenvalue weighted by molar-refractivity contribution is 1.22. The summed E-state index contributed by atoms with van der Waals surface area (Å²) in [5, 5.41) is 1.09. The van der Waals surface area contributed by atoms with Crippen molar-refractivity contribution < 1.29 is 0 Å². The molecule has 0 saturated heterocycles. The smallest absolute Gasteiger partial charge is 0.116 e. The summed E-state index contributed by atoms with van der Waals surface area (Å²) in [4.78, 5) is 12.1. The van der Waals surface area contributed by atoms with Crippen LogP contribution in [-0.2, 0) is 0 Å². The molecule has 0 amide bonds. The van der Waals surface area contributed by atoms with E-state index < -0.39 is 0 Å². The second-order valence-corrected chi connectivity index (χ2v) is 4.79. The number of aromatic nitrogens is 3. The Bertz CT molecular complexity index is 699. The van der Waals surface area contributed by atoms with Crippen LogP contribution >= 0.6 is 11.3 Å². The minimum atomic E-state index is 0.998. The van der Waals surface area contributed by atoms with E-state index >= 15 is 0 Å². The Hall–Kier alpha value is -2.33. The highest BCUT2D eigenvalue weighted by atomic mass is 32.1. The van der Waals surface area contributed by atoms with Gasteiger partial charge in [-0.2, -0.15) is 0 Å². The van der Waals surface area contributed by atoms with Gasteiger partial charge in [-0.15, -0.1) is 11.3 Å². The molecular weight excluding hydrogens is 254 g/mol. The average molecular weight is 265 g/mol. The molecule has 0 aliphatic rings. The summed E-state index contributed by atoms with van der Waals surface area (Å²) in [5.41, 5.74) is 3.96. The fraction of sp³-hybridized carbons (Fsp3) is 0. The molecule has 0 saturated carbocycles. The van der Waals surface area contributed by atoms with Crippen molar-refractivity contribution in [3.8, 4) is 0 Å². The third-order valence-electron chi connectivity index (χ3n) is 2.65. The lowest BCUT2D eigenvalue weighted by Crippen LogP contribution is -1.77. The Balaban J connectivity index is 0.000000117. The highest BCUT2D eigenvalue weighted by Crippen LogP contribution is 2.15. The molecule has 0 aliphatic carbocycles. The van der Waals surface area contributed by atoms with Crippen LogP contribution in [0.15, 0.2) is 66.6 Å². The van der Waals surface area contributed by atoms with Crippen LogP contribution in [0.1, 0.15) is 0 Å². The van der Waals surface area contributed by atoms with Crippen molar-refractivity contribution >= 4 is 32.5 Å². The minimum Gasteiger partial charge on any atom is -0.245 e. The van der Waals surface area contributed by atoms with Crippen LogP contribution in [0, 0.1) is 0 Å². The molecule has 4 aromatic rings. The van der Waals surface area contributed by atoms with Crippen LogP contribution in [-0.4, -0.2) is 15.0 Å². The maximum absolute atomic E-state index is 4.14. The molecule has 0 bridgehead atoms. The summed E-state index contributed by atoms with van der Waals surface area (Å²) >= 11 is 1.68. The Morgan fingerprint density at radius 3 is 2.42 bits per heavy atom. The fourth-order valence-electron chi connectivity index (χ4n) is 1.73. The third-order valence-corrected chi connectivity index (χ3v) is 3.46. The standard InChI is InChI=1S/C8H6N2.C7H5NS/c1-2-4-8-7(3-1)5-9-6-10-8;1-2-4-7-6(3-1)8-5-9-7/h1-6H;1-5H. The number of thiazole rings is 1. The lowest BCUT2D eigenvalue weighted by Gasteiger charge is -1.90. The van der Waals surface area contributed by atoms with Gasteiger partial charge in [-0.1, -0.05) is 30.3 Å². The maximum atomic E-state index is 4.14. The van der Waals surface area contributed by atoms with Gasteiger partial charge < -0.3 is 0 Å². The first kappa shape index (κ1) is 11.7. The zero-order valence-corrected chi connectivity index (χ0v) is 10.9. The number of hydrogen-bond acceptors (Lipinski definition) is 4. The number of para-hydroxylation sites is 2. The van der Waals surface area contributed by atoms with Gasteiger partial charge in [-0.25, -0.2) is 15.0 Å². The van der Waals surface area contributed by atoms with Crippen LogP contribution in [0.25, 0.3) is 21.1 Å². The minimum absolute atomic E-state index is 0.998. The predicted molar refractivity (Wildman–Crippen MR) is 79.2 cm³/mol. The summed E-state index contributed by atoms with van der Waals surface area (Å²) in [5.74, 6) is 0. The number of nitrogens with zero attached hydrogens (tertiary/aromatic N) is 3.